The van der Waals surface area contributed by atoms with E-state index in [2.05, 4.69) is 11.4 Å². The van der Waals surface area contributed by atoms with Gasteiger partial charge in [0.2, 0.25) is 17.7 Å². The molecule has 210 valence electrons. The van der Waals surface area contributed by atoms with Crippen molar-refractivity contribution in [2.75, 3.05) is 4.90 Å². The minimum atomic E-state index is -0.756. The third kappa shape index (κ3) is 5.31. The predicted octanol–water partition coefficient (Wildman–Crippen LogP) is 4.37. The maximum absolute atomic E-state index is 13.3. The number of nitrogens with one attached hydrogen (secondary N) is 1. The lowest BCUT2D eigenvalue weighted by Gasteiger charge is -2.35. The van der Waals surface area contributed by atoms with Crippen LogP contribution < -0.4 is 10.2 Å². The summed E-state index contributed by atoms with van der Waals surface area (Å²) in [6, 6.07) is 14.1. The van der Waals surface area contributed by atoms with Gasteiger partial charge in [-0.15, -0.1) is 0 Å². The molecule has 2 aromatic rings. The van der Waals surface area contributed by atoms with Gasteiger partial charge in [-0.05, 0) is 74.3 Å². The van der Waals surface area contributed by atoms with E-state index in [1.807, 2.05) is 42.5 Å². The summed E-state index contributed by atoms with van der Waals surface area (Å²) in [5.74, 6) is -0.777. The summed E-state index contributed by atoms with van der Waals surface area (Å²) in [5.41, 5.74) is 3.43. The number of fused-ring (bicyclic) bond motifs is 3. The largest absolute Gasteiger partial charge is 0.444 e. The summed E-state index contributed by atoms with van der Waals surface area (Å²) in [7, 11) is 0. The number of nitriles is 1. The Labute approximate surface area is 235 Å². The molecule has 2 aliphatic heterocycles. The van der Waals surface area contributed by atoms with Crippen molar-refractivity contribution in [1.82, 2.24) is 10.2 Å². The van der Waals surface area contributed by atoms with Gasteiger partial charge < -0.3 is 10.1 Å². The van der Waals surface area contributed by atoms with Gasteiger partial charge in [-0.25, -0.2) is 4.79 Å². The highest BCUT2D eigenvalue weighted by atomic mass is 16.6. The Hall–Kier alpha value is -4.19. The molecule has 1 aliphatic carbocycles. The Kier molecular flexibility index (Phi) is 7.13. The minimum absolute atomic E-state index is 0. The third-order valence-corrected chi connectivity index (χ3v) is 7.89. The maximum atomic E-state index is 13.3. The number of amides is 4. The molecule has 0 radical (unpaired) electrons. The number of benzene rings is 2. The summed E-state index contributed by atoms with van der Waals surface area (Å²) in [6.45, 7) is 6.79. The van der Waals surface area contributed by atoms with Crippen molar-refractivity contribution in [3.8, 4) is 17.2 Å². The fraction of sp³-hybridized carbons (Fsp3) is 0.452. The Bertz CT molecular complexity index is 1410. The summed E-state index contributed by atoms with van der Waals surface area (Å²) in [4.78, 5) is 53.2. The number of carbonyl (C=O) groups excluding carboxylic acids is 4. The molecule has 4 atom stereocenters. The SMILES string of the molecule is CC(=O)N1C(=O)Cc2ccc(-c3ccc(C[C@@H](C#N)NC(=O)[C@@H]4C5CCC(C5)N4C(=O)OC(C)(C)C)cc3)cc21.[HH]. The van der Waals surface area contributed by atoms with Crippen molar-refractivity contribution < 1.29 is 25.3 Å². The van der Waals surface area contributed by atoms with Gasteiger partial charge in [0.25, 0.3) is 0 Å². The van der Waals surface area contributed by atoms with Crippen LogP contribution in [-0.2, 0) is 32.0 Å². The Balaban J connectivity index is 0.00000387. The van der Waals surface area contributed by atoms with E-state index in [9.17, 15) is 24.4 Å². The molecule has 40 heavy (non-hydrogen) atoms. The number of imide groups is 1. The van der Waals surface area contributed by atoms with Crippen LogP contribution in [0.1, 0.15) is 59.5 Å². The molecule has 5 rings (SSSR count). The van der Waals surface area contributed by atoms with Gasteiger partial charge in [0, 0.05) is 20.8 Å². The molecule has 2 heterocycles. The molecule has 4 amide bonds. The van der Waals surface area contributed by atoms with Gasteiger partial charge in [0.1, 0.15) is 17.7 Å². The molecule has 3 aliphatic rings. The molecular weight excluding hydrogens is 508 g/mol. The molecule has 2 bridgehead atoms. The van der Waals surface area contributed by atoms with E-state index in [4.69, 9.17) is 4.74 Å². The normalized spacial score (nSPS) is 22.1. The van der Waals surface area contributed by atoms with Gasteiger partial charge >= 0.3 is 6.09 Å². The lowest BCUT2D eigenvalue weighted by Crippen LogP contribution is -2.55. The molecule has 1 saturated carbocycles. The number of hydrogen-bond acceptors (Lipinski definition) is 6. The van der Waals surface area contributed by atoms with Crippen LogP contribution in [0.15, 0.2) is 42.5 Å². The Morgan fingerprint density at radius 1 is 1.12 bits per heavy atom. The quantitative estimate of drug-likeness (QED) is 0.597. The minimum Gasteiger partial charge on any atom is -0.444 e. The summed E-state index contributed by atoms with van der Waals surface area (Å²) in [5, 5.41) is 12.7. The van der Waals surface area contributed by atoms with Crippen LogP contribution in [0.25, 0.3) is 11.1 Å². The van der Waals surface area contributed by atoms with Gasteiger partial charge in [0.15, 0.2) is 0 Å². The molecule has 2 fully saturated rings. The van der Waals surface area contributed by atoms with Crippen molar-refractivity contribution in [3.63, 3.8) is 0 Å². The number of carbonyl (C=O) groups is 4. The van der Waals surface area contributed by atoms with Crippen LogP contribution in [0.2, 0.25) is 0 Å². The van der Waals surface area contributed by atoms with Crippen LogP contribution in [0, 0.1) is 17.2 Å². The van der Waals surface area contributed by atoms with E-state index in [1.54, 1.807) is 25.7 Å². The van der Waals surface area contributed by atoms with Crippen LogP contribution in [0.5, 0.6) is 0 Å². The number of nitrogens with zero attached hydrogens (tertiary/aromatic N) is 3. The molecule has 9 heteroatoms. The third-order valence-electron chi connectivity index (χ3n) is 7.89. The lowest BCUT2D eigenvalue weighted by atomic mass is 9.97. The molecule has 0 spiro atoms. The number of ether oxygens (including phenoxy) is 1. The van der Waals surface area contributed by atoms with E-state index in [0.29, 0.717) is 12.1 Å². The van der Waals surface area contributed by atoms with E-state index < -0.39 is 23.8 Å². The fourth-order valence-electron chi connectivity index (χ4n) is 6.18. The predicted molar refractivity (Wildman–Crippen MR) is 150 cm³/mol. The molecule has 9 nitrogen and oxygen atoms in total. The zero-order valence-electron chi connectivity index (χ0n) is 23.3. The van der Waals surface area contributed by atoms with Crippen LogP contribution in [-0.4, -0.2) is 52.4 Å². The number of hydrogen-bond donors (Lipinski definition) is 1. The highest BCUT2D eigenvalue weighted by molar-refractivity contribution is 6.18. The van der Waals surface area contributed by atoms with Crippen molar-refractivity contribution in [1.29, 1.82) is 5.26 Å². The van der Waals surface area contributed by atoms with E-state index in [1.165, 1.54) is 11.8 Å². The van der Waals surface area contributed by atoms with Gasteiger partial charge in [-0.2, -0.15) is 5.26 Å². The number of likely N-dealkylation sites (tertiary alicyclic amines) is 1. The Morgan fingerprint density at radius 3 is 2.48 bits per heavy atom. The first-order chi connectivity index (χ1) is 18.9. The molecule has 0 aromatic heterocycles. The second kappa shape index (κ2) is 10.4. The molecular formula is C31H36N4O5. The topological polar surface area (TPSA) is 120 Å². The second-order valence-electron chi connectivity index (χ2n) is 11.9. The van der Waals surface area contributed by atoms with Crippen LogP contribution >= 0.6 is 0 Å². The highest BCUT2D eigenvalue weighted by Gasteiger charge is 2.52. The smallest absolute Gasteiger partial charge is 0.411 e. The molecule has 2 aromatic carbocycles. The van der Waals surface area contributed by atoms with Crippen molar-refractivity contribution >= 4 is 29.5 Å². The van der Waals surface area contributed by atoms with Gasteiger partial charge in [0.05, 0.1) is 18.2 Å². The first-order valence-electron chi connectivity index (χ1n) is 13.7. The Morgan fingerprint density at radius 2 is 1.82 bits per heavy atom. The maximum Gasteiger partial charge on any atom is 0.411 e. The average Bonchev–Trinajstić information content (AvgIpc) is 3.59. The first kappa shape index (κ1) is 27.4. The van der Waals surface area contributed by atoms with Crippen LogP contribution in [0.4, 0.5) is 10.5 Å². The highest BCUT2D eigenvalue weighted by Crippen LogP contribution is 2.43. The summed E-state index contributed by atoms with van der Waals surface area (Å²) in [6.07, 6.45) is 2.56. The van der Waals surface area contributed by atoms with E-state index in [-0.39, 0.29) is 37.5 Å². The molecule has 1 N–H and O–H groups in total. The summed E-state index contributed by atoms with van der Waals surface area (Å²) < 4.78 is 5.58. The number of piperidine rings is 1. The number of anilines is 1. The molecule has 1 saturated heterocycles. The van der Waals surface area contributed by atoms with Gasteiger partial charge in [-0.3, -0.25) is 24.2 Å². The standard InChI is InChI=1S/C31H34N4O5.H2/c1-18(36)34-26-15-21(9-10-22(26)16-27(34)37)20-7-5-19(6-8-20)13-24(17-32)33-29(38)28-23-11-12-25(14-23)35(28)30(39)40-31(2,3)4;/h5-10,15,23-25,28H,11-14,16H2,1-4H3,(H,33,38);1H/t23?,24-,25?,28-;/m0./s1. The lowest BCUT2D eigenvalue weighted by molar-refractivity contribution is -0.128. The van der Waals surface area contributed by atoms with E-state index in [0.717, 1.165) is 41.5 Å². The average molecular weight is 545 g/mol. The van der Waals surface area contributed by atoms with Crippen molar-refractivity contribution in [2.45, 2.75) is 83.5 Å². The fourth-order valence-corrected chi connectivity index (χ4v) is 6.18. The zero-order chi connectivity index (χ0) is 28.8. The van der Waals surface area contributed by atoms with Crippen molar-refractivity contribution in [2.24, 2.45) is 5.92 Å². The molecule has 2 unspecified atom stereocenters. The van der Waals surface area contributed by atoms with Crippen molar-refractivity contribution in [3.05, 3.63) is 53.6 Å². The monoisotopic (exact) mass is 544 g/mol. The van der Waals surface area contributed by atoms with Gasteiger partial charge in [-0.1, -0.05) is 36.4 Å². The number of rotatable bonds is 5. The zero-order valence-corrected chi connectivity index (χ0v) is 23.3. The second-order valence-corrected chi connectivity index (χ2v) is 11.9. The summed E-state index contributed by atoms with van der Waals surface area (Å²) >= 11 is 0. The van der Waals surface area contributed by atoms with Crippen LogP contribution in [0.3, 0.4) is 0 Å². The van der Waals surface area contributed by atoms with E-state index >= 15 is 0 Å². The first-order valence-corrected chi connectivity index (χ1v) is 13.7.